The molecule has 2 heterocycles. The van der Waals surface area contributed by atoms with Crippen LogP contribution in [0.2, 0.25) is 5.15 Å². The molecule has 0 spiro atoms. The number of hydrogen-bond acceptors (Lipinski definition) is 8. The fourth-order valence-corrected chi connectivity index (χ4v) is 2.73. The van der Waals surface area contributed by atoms with Gasteiger partial charge in [-0.05, 0) is 31.5 Å². The molecule has 0 unspecified atom stereocenters. The highest BCUT2D eigenvalue weighted by molar-refractivity contribution is 6.32. The van der Waals surface area contributed by atoms with Crippen LogP contribution in [0, 0.1) is 24.0 Å². The molecule has 0 saturated carbocycles. The van der Waals surface area contributed by atoms with Gasteiger partial charge in [0.2, 0.25) is 11.6 Å². The third kappa shape index (κ3) is 2.96. The Labute approximate surface area is 145 Å². The molecule has 0 aliphatic heterocycles. The van der Waals surface area contributed by atoms with Gasteiger partial charge in [-0.25, -0.2) is 4.98 Å². The lowest BCUT2D eigenvalue weighted by atomic mass is 10.1. The van der Waals surface area contributed by atoms with Crippen LogP contribution in [0.3, 0.4) is 0 Å². The first-order valence-electron chi connectivity index (χ1n) is 6.96. The van der Waals surface area contributed by atoms with Crippen LogP contribution in [-0.4, -0.2) is 30.3 Å². The van der Waals surface area contributed by atoms with E-state index in [1.165, 1.54) is 0 Å². The monoisotopic (exact) mass is 362 g/mol. The quantitative estimate of drug-likeness (QED) is 0.313. The molecule has 0 amide bonds. The van der Waals surface area contributed by atoms with Crippen molar-refractivity contribution < 1.29 is 19.7 Å². The summed E-state index contributed by atoms with van der Waals surface area (Å²) in [6.07, 6.45) is 0. The topological polar surface area (TPSA) is 135 Å². The van der Waals surface area contributed by atoms with Crippen LogP contribution < -0.4 is 0 Å². The Morgan fingerprint density at radius 1 is 1.20 bits per heavy atom. The van der Waals surface area contributed by atoms with Gasteiger partial charge >= 0.3 is 5.69 Å². The SMILES string of the molecule is Cc1cc(C)c(-c2nc(-c3cc(O)c(O)c([N+](=O)[O-])c3)no2)c(Cl)n1. The van der Waals surface area contributed by atoms with Gasteiger partial charge in [0.25, 0.3) is 5.89 Å². The van der Waals surface area contributed by atoms with Crippen LogP contribution in [0.15, 0.2) is 22.7 Å². The number of benzene rings is 1. The Morgan fingerprint density at radius 2 is 1.92 bits per heavy atom. The van der Waals surface area contributed by atoms with E-state index in [0.29, 0.717) is 5.56 Å². The Balaban J connectivity index is 2.11. The number of nitrogens with zero attached hydrogens (tertiary/aromatic N) is 4. The highest BCUT2D eigenvalue weighted by Crippen LogP contribution is 2.39. The van der Waals surface area contributed by atoms with E-state index in [1.807, 2.05) is 0 Å². The van der Waals surface area contributed by atoms with Crippen LogP contribution in [-0.2, 0) is 0 Å². The summed E-state index contributed by atoms with van der Waals surface area (Å²) in [7, 11) is 0. The number of aryl methyl sites for hydroxylation is 2. The highest BCUT2D eigenvalue weighted by atomic mass is 35.5. The van der Waals surface area contributed by atoms with Crippen LogP contribution in [0.1, 0.15) is 11.3 Å². The van der Waals surface area contributed by atoms with Gasteiger partial charge in [0.15, 0.2) is 5.75 Å². The maximum absolute atomic E-state index is 10.9. The minimum Gasteiger partial charge on any atom is -0.504 e. The lowest BCUT2D eigenvalue weighted by Gasteiger charge is -2.04. The Kier molecular flexibility index (Phi) is 4.01. The number of halogens is 1. The summed E-state index contributed by atoms with van der Waals surface area (Å²) in [5.41, 5.74) is 1.37. The van der Waals surface area contributed by atoms with Gasteiger partial charge < -0.3 is 14.7 Å². The number of phenolic OH excluding ortho intramolecular Hbond substituents is 2. The van der Waals surface area contributed by atoms with E-state index >= 15 is 0 Å². The summed E-state index contributed by atoms with van der Waals surface area (Å²) in [6.45, 7) is 3.59. The van der Waals surface area contributed by atoms with Gasteiger partial charge in [0, 0.05) is 17.3 Å². The summed E-state index contributed by atoms with van der Waals surface area (Å²) in [5.74, 6) is -1.43. The highest BCUT2D eigenvalue weighted by Gasteiger charge is 2.23. The van der Waals surface area contributed by atoms with Crippen molar-refractivity contribution in [3.05, 3.63) is 44.7 Å². The average molecular weight is 363 g/mol. The van der Waals surface area contributed by atoms with E-state index in [1.54, 1.807) is 19.9 Å². The zero-order chi connectivity index (χ0) is 18.3. The van der Waals surface area contributed by atoms with Gasteiger partial charge in [0.05, 0.1) is 10.5 Å². The molecule has 0 bridgehead atoms. The first-order valence-corrected chi connectivity index (χ1v) is 7.34. The number of pyridine rings is 1. The van der Waals surface area contributed by atoms with Crippen LogP contribution in [0.25, 0.3) is 22.8 Å². The van der Waals surface area contributed by atoms with E-state index in [-0.39, 0.29) is 22.4 Å². The Bertz CT molecular complexity index is 979. The van der Waals surface area contributed by atoms with Crippen molar-refractivity contribution in [2.75, 3.05) is 0 Å². The lowest BCUT2D eigenvalue weighted by molar-refractivity contribution is -0.385. The van der Waals surface area contributed by atoms with E-state index in [9.17, 15) is 20.3 Å². The number of aromatic hydroxyl groups is 2. The normalized spacial score (nSPS) is 10.8. The molecular formula is C15H11ClN4O5. The van der Waals surface area contributed by atoms with Gasteiger partial charge in [-0.15, -0.1) is 0 Å². The van der Waals surface area contributed by atoms with Crippen molar-refractivity contribution in [1.82, 2.24) is 15.1 Å². The number of rotatable bonds is 3. The number of phenols is 2. The number of nitro benzene ring substituents is 1. The summed E-state index contributed by atoms with van der Waals surface area (Å²) in [4.78, 5) is 18.4. The molecule has 128 valence electrons. The van der Waals surface area contributed by atoms with E-state index in [0.717, 1.165) is 23.4 Å². The average Bonchev–Trinajstić information content (AvgIpc) is 2.98. The third-order valence-corrected chi connectivity index (χ3v) is 3.74. The molecule has 25 heavy (non-hydrogen) atoms. The first-order chi connectivity index (χ1) is 11.8. The van der Waals surface area contributed by atoms with Gasteiger partial charge in [0.1, 0.15) is 5.15 Å². The smallest absolute Gasteiger partial charge is 0.315 e. The summed E-state index contributed by atoms with van der Waals surface area (Å²) in [5, 5.41) is 34.1. The van der Waals surface area contributed by atoms with Crippen molar-refractivity contribution in [2.24, 2.45) is 0 Å². The van der Waals surface area contributed by atoms with Crippen LogP contribution in [0.5, 0.6) is 11.5 Å². The minimum atomic E-state index is -0.834. The van der Waals surface area contributed by atoms with E-state index < -0.39 is 22.1 Å². The standard InChI is InChI=1S/C15H11ClN4O5/c1-6-3-7(2)17-13(16)11(6)15-18-14(19-25-15)8-4-9(20(23)24)12(22)10(21)5-8/h3-5,21-22H,1-2H3. The van der Waals surface area contributed by atoms with Gasteiger partial charge in [-0.2, -0.15) is 4.98 Å². The zero-order valence-corrected chi connectivity index (χ0v) is 13.8. The van der Waals surface area contributed by atoms with Crippen molar-refractivity contribution in [2.45, 2.75) is 13.8 Å². The molecule has 0 saturated heterocycles. The molecular weight excluding hydrogens is 352 g/mol. The van der Waals surface area contributed by atoms with Crippen LogP contribution in [0.4, 0.5) is 5.69 Å². The largest absolute Gasteiger partial charge is 0.504 e. The molecule has 1 aromatic carbocycles. The summed E-state index contributed by atoms with van der Waals surface area (Å²) in [6, 6.07) is 3.92. The van der Waals surface area contributed by atoms with Crippen molar-refractivity contribution in [3.63, 3.8) is 0 Å². The van der Waals surface area contributed by atoms with Crippen LogP contribution >= 0.6 is 11.6 Å². The zero-order valence-electron chi connectivity index (χ0n) is 13.0. The second-order valence-electron chi connectivity index (χ2n) is 5.29. The molecule has 2 aromatic heterocycles. The number of nitro groups is 1. The second kappa shape index (κ2) is 6.02. The maximum Gasteiger partial charge on any atom is 0.315 e. The number of aromatic nitrogens is 3. The second-order valence-corrected chi connectivity index (χ2v) is 5.65. The Hall–Kier alpha value is -3.20. The molecule has 0 radical (unpaired) electrons. The number of hydrogen-bond donors (Lipinski definition) is 2. The fourth-order valence-electron chi connectivity index (χ4n) is 2.36. The molecule has 9 nitrogen and oxygen atoms in total. The predicted molar refractivity (Wildman–Crippen MR) is 87.4 cm³/mol. The summed E-state index contributed by atoms with van der Waals surface area (Å²) < 4.78 is 5.18. The lowest BCUT2D eigenvalue weighted by Crippen LogP contribution is -1.92. The molecule has 10 heteroatoms. The molecule has 3 aromatic rings. The minimum absolute atomic E-state index is 0.00978. The van der Waals surface area contributed by atoms with Crippen molar-refractivity contribution in [3.8, 4) is 34.3 Å². The van der Waals surface area contributed by atoms with E-state index in [2.05, 4.69) is 15.1 Å². The summed E-state index contributed by atoms with van der Waals surface area (Å²) >= 11 is 6.14. The molecule has 3 rings (SSSR count). The van der Waals surface area contributed by atoms with Crippen molar-refractivity contribution in [1.29, 1.82) is 0 Å². The van der Waals surface area contributed by atoms with E-state index in [4.69, 9.17) is 16.1 Å². The predicted octanol–water partition coefficient (Wildman–Crippen LogP) is 3.39. The Morgan fingerprint density at radius 3 is 2.56 bits per heavy atom. The molecule has 0 fully saturated rings. The third-order valence-electron chi connectivity index (χ3n) is 3.47. The first kappa shape index (κ1) is 16.7. The molecule has 0 atom stereocenters. The van der Waals surface area contributed by atoms with Gasteiger partial charge in [-0.1, -0.05) is 16.8 Å². The molecule has 0 aliphatic rings. The maximum atomic E-state index is 10.9. The fraction of sp³-hybridized carbons (Fsp3) is 0.133. The van der Waals surface area contributed by atoms with Crippen molar-refractivity contribution >= 4 is 17.3 Å². The molecule has 2 N–H and O–H groups in total. The molecule has 0 aliphatic carbocycles. The van der Waals surface area contributed by atoms with Gasteiger partial charge in [-0.3, -0.25) is 10.1 Å².